The fourth-order valence-corrected chi connectivity index (χ4v) is 2.59. The standard InChI is InChI=1S/C19H31NO4/c1-7-22-16-11-15(19(21)20-14(6)10-13(4)5)12-17(23-8-2)18(16)24-9-3/h11-14H,7-10H2,1-6H3,(H,20,21). The van der Waals surface area contributed by atoms with Crippen molar-refractivity contribution >= 4 is 5.91 Å². The van der Waals surface area contributed by atoms with Crippen LogP contribution in [-0.4, -0.2) is 31.8 Å². The number of rotatable bonds is 10. The molecular weight excluding hydrogens is 306 g/mol. The Morgan fingerprint density at radius 3 is 1.88 bits per heavy atom. The Hall–Kier alpha value is -1.91. The van der Waals surface area contributed by atoms with Gasteiger partial charge in [0.05, 0.1) is 19.8 Å². The second-order valence-corrected chi connectivity index (χ2v) is 6.10. The highest BCUT2D eigenvalue weighted by atomic mass is 16.5. The molecular formula is C19H31NO4. The summed E-state index contributed by atoms with van der Waals surface area (Å²) in [4.78, 5) is 12.6. The van der Waals surface area contributed by atoms with Crippen LogP contribution in [-0.2, 0) is 0 Å². The summed E-state index contributed by atoms with van der Waals surface area (Å²) in [7, 11) is 0. The molecule has 0 saturated heterocycles. The van der Waals surface area contributed by atoms with E-state index >= 15 is 0 Å². The van der Waals surface area contributed by atoms with Gasteiger partial charge in [0.2, 0.25) is 5.75 Å². The molecule has 0 bridgehead atoms. The lowest BCUT2D eigenvalue weighted by Gasteiger charge is -2.19. The van der Waals surface area contributed by atoms with E-state index < -0.39 is 0 Å². The number of carbonyl (C=O) groups excluding carboxylic acids is 1. The van der Waals surface area contributed by atoms with Crippen molar-refractivity contribution in [3.05, 3.63) is 17.7 Å². The molecule has 0 heterocycles. The van der Waals surface area contributed by atoms with Crippen LogP contribution in [0.3, 0.4) is 0 Å². The lowest BCUT2D eigenvalue weighted by Crippen LogP contribution is -2.33. The van der Waals surface area contributed by atoms with Crippen LogP contribution >= 0.6 is 0 Å². The fourth-order valence-electron chi connectivity index (χ4n) is 2.59. The Balaban J connectivity index is 3.11. The minimum Gasteiger partial charge on any atom is -0.490 e. The lowest BCUT2D eigenvalue weighted by molar-refractivity contribution is 0.0935. The van der Waals surface area contributed by atoms with Crippen LogP contribution in [0, 0.1) is 5.92 Å². The van der Waals surface area contributed by atoms with Crippen molar-refractivity contribution in [1.82, 2.24) is 5.32 Å². The van der Waals surface area contributed by atoms with Gasteiger partial charge in [0.15, 0.2) is 11.5 Å². The van der Waals surface area contributed by atoms with Crippen LogP contribution in [0.2, 0.25) is 0 Å². The van der Waals surface area contributed by atoms with Crippen LogP contribution in [0.15, 0.2) is 12.1 Å². The first kappa shape index (κ1) is 20.1. The van der Waals surface area contributed by atoms with E-state index in [4.69, 9.17) is 14.2 Å². The molecule has 1 unspecified atom stereocenters. The Bertz CT molecular complexity index is 501. The van der Waals surface area contributed by atoms with Crippen molar-refractivity contribution in [2.75, 3.05) is 19.8 Å². The summed E-state index contributed by atoms with van der Waals surface area (Å²) >= 11 is 0. The Labute approximate surface area is 145 Å². The molecule has 1 N–H and O–H groups in total. The van der Waals surface area contributed by atoms with Crippen LogP contribution in [0.25, 0.3) is 0 Å². The first-order valence-electron chi connectivity index (χ1n) is 8.80. The Morgan fingerprint density at radius 2 is 1.46 bits per heavy atom. The van der Waals surface area contributed by atoms with Gasteiger partial charge in [0, 0.05) is 11.6 Å². The molecule has 0 aromatic heterocycles. The zero-order valence-electron chi connectivity index (χ0n) is 15.8. The topological polar surface area (TPSA) is 56.8 Å². The number of benzene rings is 1. The van der Waals surface area contributed by atoms with Gasteiger partial charge in [-0.3, -0.25) is 4.79 Å². The van der Waals surface area contributed by atoms with Gasteiger partial charge in [0.25, 0.3) is 5.91 Å². The summed E-state index contributed by atoms with van der Waals surface area (Å²) in [6.07, 6.45) is 0.930. The van der Waals surface area contributed by atoms with Gasteiger partial charge >= 0.3 is 0 Å². The number of carbonyl (C=O) groups is 1. The predicted octanol–water partition coefficient (Wildman–Crippen LogP) is 4.05. The molecule has 1 rings (SSSR count). The highest BCUT2D eigenvalue weighted by Crippen LogP contribution is 2.39. The highest BCUT2D eigenvalue weighted by molar-refractivity contribution is 5.95. The maximum atomic E-state index is 12.6. The number of nitrogens with one attached hydrogen (secondary N) is 1. The van der Waals surface area contributed by atoms with Crippen LogP contribution < -0.4 is 19.5 Å². The average Bonchev–Trinajstić information content (AvgIpc) is 2.49. The highest BCUT2D eigenvalue weighted by Gasteiger charge is 2.19. The third kappa shape index (κ3) is 5.95. The third-order valence-electron chi connectivity index (χ3n) is 3.37. The molecule has 0 radical (unpaired) electrons. The van der Waals surface area contributed by atoms with E-state index in [1.807, 2.05) is 27.7 Å². The summed E-state index contributed by atoms with van der Waals surface area (Å²) in [5, 5.41) is 3.03. The predicted molar refractivity (Wildman–Crippen MR) is 96.3 cm³/mol. The Kier molecular flexibility index (Phi) is 8.44. The first-order chi connectivity index (χ1) is 11.4. The van der Waals surface area contributed by atoms with E-state index in [0.717, 1.165) is 6.42 Å². The van der Waals surface area contributed by atoms with Crippen LogP contribution in [0.4, 0.5) is 0 Å². The normalized spacial score (nSPS) is 12.0. The van der Waals surface area contributed by atoms with Gasteiger partial charge in [-0.05, 0) is 52.2 Å². The van der Waals surface area contributed by atoms with Gasteiger partial charge in [-0.1, -0.05) is 13.8 Å². The largest absolute Gasteiger partial charge is 0.490 e. The molecule has 1 atom stereocenters. The first-order valence-corrected chi connectivity index (χ1v) is 8.80. The maximum absolute atomic E-state index is 12.6. The van der Waals surface area contributed by atoms with E-state index in [1.54, 1.807) is 12.1 Å². The average molecular weight is 337 g/mol. The molecule has 1 aromatic carbocycles. The smallest absolute Gasteiger partial charge is 0.251 e. The molecule has 0 fully saturated rings. The van der Waals surface area contributed by atoms with E-state index in [9.17, 15) is 4.79 Å². The molecule has 1 aromatic rings. The van der Waals surface area contributed by atoms with Crippen molar-refractivity contribution in [2.45, 2.75) is 54.0 Å². The second kappa shape index (κ2) is 10.1. The molecule has 5 heteroatoms. The van der Waals surface area contributed by atoms with E-state index in [2.05, 4.69) is 19.2 Å². The molecule has 5 nitrogen and oxygen atoms in total. The minimum absolute atomic E-state index is 0.107. The Morgan fingerprint density at radius 1 is 0.958 bits per heavy atom. The van der Waals surface area contributed by atoms with Crippen molar-refractivity contribution in [3.8, 4) is 17.2 Å². The van der Waals surface area contributed by atoms with Gasteiger partial charge in [-0.15, -0.1) is 0 Å². The van der Waals surface area contributed by atoms with Crippen molar-refractivity contribution in [1.29, 1.82) is 0 Å². The monoisotopic (exact) mass is 337 g/mol. The summed E-state index contributed by atoms with van der Waals surface area (Å²) < 4.78 is 17.0. The number of amides is 1. The number of hydrogen-bond acceptors (Lipinski definition) is 4. The van der Waals surface area contributed by atoms with E-state index in [0.29, 0.717) is 48.6 Å². The van der Waals surface area contributed by atoms with Gasteiger partial charge in [-0.2, -0.15) is 0 Å². The zero-order chi connectivity index (χ0) is 18.1. The molecule has 0 aliphatic rings. The van der Waals surface area contributed by atoms with Crippen molar-refractivity contribution in [2.24, 2.45) is 5.92 Å². The molecule has 1 amide bonds. The minimum atomic E-state index is -0.131. The van der Waals surface area contributed by atoms with Gasteiger partial charge in [0.1, 0.15) is 0 Å². The SMILES string of the molecule is CCOc1cc(C(=O)NC(C)CC(C)C)cc(OCC)c1OCC. The number of ether oxygens (including phenoxy) is 3. The molecule has 0 spiro atoms. The summed E-state index contributed by atoms with van der Waals surface area (Å²) in [6.45, 7) is 13.5. The maximum Gasteiger partial charge on any atom is 0.251 e. The summed E-state index contributed by atoms with van der Waals surface area (Å²) in [5.41, 5.74) is 0.515. The quantitative estimate of drug-likeness (QED) is 0.700. The molecule has 24 heavy (non-hydrogen) atoms. The summed E-state index contributed by atoms with van der Waals surface area (Å²) in [5.74, 6) is 2.01. The molecule has 0 saturated carbocycles. The second-order valence-electron chi connectivity index (χ2n) is 6.10. The van der Waals surface area contributed by atoms with E-state index in [1.165, 1.54) is 0 Å². The fraction of sp³-hybridized carbons (Fsp3) is 0.632. The van der Waals surface area contributed by atoms with Crippen molar-refractivity contribution < 1.29 is 19.0 Å². The van der Waals surface area contributed by atoms with Crippen molar-refractivity contribution in [3.63, 3.8) is 0 Å². The third-order valence-corrected chi connectivity index (χ3v) is 3.37. The van der Waals surface area contributed by atoms with Crippen LogP contribution in [0.5, 0.6) is 17.2 Å². The van der Waals surface area contributed by atoms with Crippen LogP contribution in [0.1, 0.15) is 58.3 Å². The molecule has 0 aliphatic heterocycles. The van der Waals surface area contributed by atoms with Gasteiger partial charge < -0.3 is 19.5 Å². The number of hydrogen-bond donors (Lipinski definition) is 1. The summed E-state index contributed by atoms with van der Waals surface area (Å²) in [6, 6.07) is 3.54. The zero-order valence-corrected chi connectivity index (χ0v) is 15.8. The molecule has 0 aliphatic carbocycles. The lowest BCUT2D eigenvalue weighted by atomic mass is 10.0. The van der Waals surface area contributed by atoms with Gasteiger partial charge in [-0.25, -0.2) is 0 Å². The molecule has 136 valence electrons. The van der Waals surface area contributed by atoms with E-state index in [-0.39, 0.29) is 11.9 Å².